The molecule has 2 aromatic rings. The van der Waals surface area contributed by atoms with Crippen LogP contribution in [0.25, 0.3) is 5.69 Å². The largest absolute Gasteiger partial charge is 0.348 e. The summed E-state index contributed by atoms with van der Waals surface area (Å²) in [4.78, 5) is 13.5. The molecule has 0 saturated carbocycles. The Kier molecular flexibility index (Phi) is 4.39. The van der Waals surface area contributed by atoms with E-state index in [2.05, 4.69) is 15.5 Å². The molecule has 0 spiro atoms. The molecule has 0 N–H and O–H groups in total. The zero-order chi connectivity index (χ0) is 14.7. The van der Waals surface area contributed by atoms with Gasteiger partial charge in [0.1, 0.15) is 0 Å². The highest BCUT2D eigenvalue weighted by molar-refractivity contribution is 8.00. The van der Waals surface area contributed by atoms with Crippen molar-refractivity contribution in [3.8, 4) is 5.69 Å². The molecule has 0 radical (unpaired) electrons. The minimum atomic E-state index is -0.236. The van der Waals surface area contributed by atoms with Crippen LogP contribution in [0.1, 0.15) is 12.5 Å². The number of nitrogens with zero attached hydrogens (tertiary/aromatic N) is 5. The Morgan fingerprint density at radius 3 is 2.55 bits per heavy atom. The first-order valence-electron chi connectivity index (χ1n) is 6.22. The Labute approximate surface area is 122 Å². The third-order valence-electron chi connectivity index (χ3n) is 2.79. The number of hydrogen-bond acceptors (Lipinski definition) is 5. The Morgan fingerprint density at radius 1 is 1.30 bits per heavy atom. The molecule has 7 heteroatoms. The van der Waals surface area contributed by atoms with E-state index in [0.29, 0.717) is 5.16 Å². The minimum absolute atomic E-state index is 0.0356. The Balaban J connectivity index is 2.21. The van der Waals surface area contributed by atoms with Crippen LogP contribution >= 0.6 is 11.8 Å². The number of aromatic nitrogens is 4. The third-order valence-corrected chi connectivity index (χ3v) is 3.81. The quantitative estimate of drug-likeness (QED) is 0.800. The van der Waals surface area contributed by atoms with Gasteiger partial charge in [0.05, 0.1) is 10.9 Å². The van der Waals surface area contributed by atoms with E-state index in [1.807, 2.05) is 38.1 Å². The summed E-state index contributed by atoms with van der Waals surface area (Å²) in [5, 5.41) is 12.0. The summed E-state index contributed by atoms with van der Waals surface area (Å²) in [6.07, 6.45) is 0. The predicted octanol–water partition coefficient (Wildman–Crippen LogP) is 1.54. The van der Waals surface area contributed by atoms with Gasteiger partial charge in [0.2, 0.25) is 11.1 Å². The normalized spacial score (nSPS) is 12.2. The van der Waals surface area contributed by atoms with E-state index < -0.39 is 0 Å². The molecule has 0 aliphatic heterocycles. The van der Waals surface area contributed by atoms with Crippen molar-refractivity contribution in [2.24, 2.45) is 0 Å². The summed E-state index contributed by atoms with van der Waals surface area (Å²) in [5.74, 6) is 0.0356. The van der Waals surface area contributed by atoms with Crippen molar-refractivity contribution in [2.45, 2.75) is 24.3 Å². The number of carbonyl (C=O) groups is 1. The minimum Gasteiger partial charge on any atom is -0.348 e. The van der Waals surface area contributed by atoms with E-state index in [9.17, 15) is 4.79 Å². The van der Waals surface area contributed by atoms with E-state index in [1.165, 1.54) is 17.3 Å². The lowest BCUT2D eigenvalue weighted by Crippen LogP contribution is -2.29. The van der Waals surface area contributed by atoms with Gasteiger partial charge in [-0.15, -0.1) is 5.10 Å². The lowest BCUT2D eigenvalue weighted by molar-refractivity contribution is -0.127. The number of benzene rings is 1. The van der Waals surface area contributed by atoms with Crippen LogP contribution < -0.4 is 0 Å². The molecule has 0 unspecified atom stereocenters. The Morgan fingerprint density at radius 2 is 1.95 bits per heavy atom. The van der Waals surface area contributed by atoms with Gasteiger partial charge in [-0.25, -0.2) is 0 Å². The number of aryl methyl sites for hydroxylation is 1. The summed E-state index contributed by atoms with van der Waals surface area (Å²) < 4.78 is 1.64. The van der Waals surface area contributed by atoms with Gasteiger partial charge in [-0.3, -0.25) is 4.79 Å². The Bertz CT molecular complexity index is 593. The third kappa shape index (κ3) is 3.16. The SMILES string of the molecule is Cc1ccc(-n2nnnc2S[C@H](C)C(=O)N(C)C)cc1. The van der Waals surface area contributed by atoms with Crippen molar-refractivity contribution in [3.63, 3.8) is 0 Å². The highest BCUT2D eigenvalue weighted by Gasteiger charge is 2.20. The molecule has 2 rings (SSSR count). The maximum Gasteiger partial charge on any atom is 0.235 e. The maximum absolute atomic E-state index is 11.9. The van der Waals surface area contributed by atoms with Gasteiger partial charge in [0, 0.05) is 14.1 Å². The van der Waals surface area contributed by atoms with Gasteiger partial charge in [0.25, 0.3) is 0 Å². The number of amides is 1. The molecule has 1 heterocycles. The number of carbonyl (C=O) groups excluding carboxylic acids is 1. The highest BCUT2D eigenvalue weighted by Crippen LogP contribution is 2.23. The van der Waals surface area contributed by atoms with Crippen LogP contribution in [0.4, 0.5) is 0 Å². The molecule has 1 atom stereocenters. The molecular weight excluding hydrogens is 274 g/mol. The topological polar surface area (TPSA) is 63.9 Å². The molecule has 1 amide bonds. The number of thioether (sulfide) groups is 1. The van der Waals surface area contributed by atoms with Gasteiger partial charge < -0.3 is 4.90 Å². The van der Waals surface area contributed by atoms with Gasteiger partial charge in [-0.05, 0) is 36.4 Å². The maximum atomic E-state index is 11.9. The van der Waals surface area contributed by atoms with E-state index in [-0.39, 0.29) is 11.2 Å². The van der Waals surface area contributed by atoms with E-state index >= 15 is 0 Å². The molecule has 6 nitrogen and oxygen atoms in total. The smallest absolute Gasteiger partial charge is 0.235 e. The monoisotopic (exact) mass is 291 g/mol. The molecular formula is C13H17N5OS. The zero-order valence-corrected chi connectivity index (χ0v) is 12.8. The second kappa shape index (κ2) is 6.04. The first-order chi connectivity index (χ1) is 9.49. The van der Waals surface area contributed by atoms with E-state index in [4.69, 9.17) is 0 Å². The average molecular weight is 291 g/mol. The standard InChI is InChI=1S/C13H17N5OS/c1-9-5-7-11(8-6-9)18-13(14-15-16-18)20-10(2)12(19)17(3)4/h5-8,10H,1-4H3/t10-/m1/s1. The van der Waals surface area contributed by atoms with Crippen LogP contribution in [-0.2, 0) is 4.79 Å². The van der Waals surface area contributed by atoms with Crippen molar-refractivity contribution in [2.75, 3.05) is 14.1 Å². The van der Waals surface area contributed by atoms with Crippen molar-refractivity contribution in [3.05, 3.63) is 29.8 Å². The van der Waals surface area contributed by atoms with Crippen LogP contribution in [0.5, 0.6) is 0 Å². The fourth-order valence-corrected chi connectivity index (χ4v) is 2.63. The van der Waals surface area contributed by atoms with E-state index in [0.717, 1.165) is 5.69 Å². The van der Waals surface area contributed by atoms with Crippen LogP contribution in [0.15, 0.2) is 29.4 Å². The van der Waals surface area contributed by atoms with Crippen molar-refractivity contribution < 1.29 is 4.79 Å². The molecule has 0 bridgehead atoms. The van der Waals surface area contributed by atoms with Gasteiger partial charge in [-0.2, -0.15) is 4.68 Å². The van der Waals surface area contributed by atoms with Gasteiger partial charge in [-0.1, -0.05) is 29.5 Å². The summed E-state index contributed by atoms with van der Waals surface area (Å²) in [5.41, 5.74) is 2.06. The average Bonchev–Trinajstić information content (AvgIpc) is 2.86. The Hall–Kier alpha value is -1.89. The van der Waals surface area contributed by atoms with E-state index in [1.54, 1.807) is 23.7 Å². The van der Waals surface area contributed by atoms with Gasteiger partial charge in [0.15, 0.2) is 0 Å². The summed E-state index contributed by atoms with van der Waals surface area (Å²) in [6, 6.07) is 7.90. The van der Waals surface area contributed by atoms with Crippen molar-refractivity contribution in [1.82, 2.24) is 25.1 Å². The molecule has 106 valence electrons. The lowest BCUT2D eigenvalue weighted by Gasteiger charge is -2.15. The molecule has 20 heavy (non-hydrogen) atoms. The molecule has 0 fully saturated rings. The molecule has 1 aromatic heterocycles. The van der Waals surface area contributed by atoms with Crippen LogP contribution in [0.3, 0.4) is 0 Å². The highest BCUT2D eigenvalue weighted by atomic mass is 32.2. The lowest BCUT2D eigenvalue weighted by atomic mass is 10.2. The fourth-order valence-electron chi connectivity index (χ4n) is 1.67. The molecule has 1 aromatic carbocycles. The predicted molar refractivity (Wildman–Crippen MR) is 77.9 cm³/mol. The second-order valence-electron chi connectivity index (χ2n) is 4.70. The van der Waals surface area contributed by atoms with Crippen molar-refractivity contribution in [1.29, 1.82) is 0 Å². The number of hydrogen-bond donors (Lipinski definition) is 0. The summed E-state index contributed by atoms with van der Waals surface area (Å²) >= 11 is 1.35. The van der Waals surface area contributed by atoms with Crippen LogP contribution in [-0.4, -0.2) is 50.4 Å². The first-order valence-corrected chi connectivity index (χ1v) is 7.10. The van der Waals surface area contributed by atoms with Crippen LogP contribution in [0.2, 0.25) is 0 Å². The van der Waals surface area contributed by atoms with Crippen molar-refractivity contribution >= 4 is 17.7 Å². The second-order valence-corrected chi connectivity index (χ2v) is 6.01. The van der Waals surface area contributed by atoms with Crippen LogP contribution in [0, 0.1) is 6.92 Å². The fraction of sp³-hybridized carbons (Fsp3) is 0.385. The number of tetrazole rings is 1. The zero-order valence-electron chi connectivity index (χ0n) is 11.9. The van der Waals surface area contributed by atoms with Gasteiger partial charge >= 0.3 is 0 Å². The molecule has 0 aliphatic rings. The first kappa shape index (κ1) is 14.5. The summed E-state index contributed by atoms with van der Waals surface area (Å²) in [6.45, 7) is 3.87. The number of rotatable bonds is 4. The molecule has 0 saturated heterocycles. The molecule has 0 aliphatic carbocycles. The summed E-state index contributed by atoms with van der Waals surface area (Å²) in [7, 11) is 3.48.